The van der Waals surface area contributed by atoms with Crippen LogP contribution in [0.1, 0.15) is 18.1 Å². The van der Waals surface area contributed by atoms with Crippen molar-refractivity contribution in [2.24, 2.45) is 0 Å². The van der Waals surface area contributed by atoms with Crippen molar-refractivity contribution in [2.75, 3.05) is 32.0 Å². The lowest BCUT2D eigenvalue weighted by Gasteiger charge is -2.23. The highest BCUT2D eigenvalue weighted by Crippen LogP contribution is 2.16. The zero-order valence-corrected chi connectivity index (χ0v) is 14.0. The molecule has 1 amide bonds. The van der Waals surface area contributed by atoms with Gasteiger partial charge in [0.15, 0.2) is 5.82 Å². The fraction of sp³-hybridized carbons (Fsp3) is 0.500. The largest absolute Gasteiger partial charge is 0.340 e. The lowest BCUT2D eigenvalue weighted by molar-refractivity contribution is -0.117. The van der Waals surface area contributed by atoms with Crippen LogP contribution in [0.15, 0.2) is 29.0 Å². The predicted octanol–water partition coefficient (Wildman–Crippen LogP) is 0.918. The Balaban J connectivity index is 1.45. The van der Waals surface area contributed by atoms with Crippen molar-refractivity contribution in [3.63, 3.8) is 0 Å². The molecule has 0 unspecified atom stereocenters. The summed E-state index contributed by atoms with van der Waals surface area (Å²) in [6.45, 7) is 4.58. The molecule has 8 heteroatoms. The molecule has 1 fully saturated rings. The van der Waals surface area contributed by atoms with E-state index in [0.29, 0.717) is 30.8 Å². The van der Waals surface area contributed by atoms with E-state index in [1.165, 1.54) is 0 Å². The molecule has 0 saturated carbocycles. The molecule has 0 bridgehead atoms. The molecule has 0 radical (unpaired) electrons. The third-order valence-corrected chi connectivity index (χ3v) is 4.14. The molecule has 1 N–H and O–H groups in total. The second kappa shape index (κ2) is 7.50. The first kappa shape index (κ1) is 16.5. The standard InChI is InChI=1S/C16H22N6O2/c1-12-18-15(20-24-12)10-21(2)14-5-7-22(9-14)11-16(23)19-13-4-3-6-17-8-13/h3-4,6,8,14H,5,7,9-11H2,1-2H3,(H,19,23)/t14-/m1/s1. The van der Waals surface area contributed by atoms with E-state index in [-0.39, 0.29) is 5.91 Å². The highest BCUT2D eigenvalue weighted by atomic mass is 16.5. The van der Waals surface area contributed by atoms with Crippen LogP contribution >= 0.6 is 0 Å². The average molecular weight is 330 g/mol. The van der Waals surface area contributed by atoms with Crippen LogP contribution in [0.4, 0.5) is 5.69 Å². The topological polar surface area (TPSA) is 87.4 Å². The smallest absolute Gasteiger partial charge is 0.238 e. The molecular weight excluding hydrogens is 308 g/mol. The van der Waals surface area contributed by atoms with E-state index in [9.17, 15) is 4.79 Å². The summed E-state index contributed by atoms with van der Waals surface area (Å²) in [4.78, 5) is 24.7. The monoisotopic (exact) mass is 330 g/mol. The maximum absolute atomic E-state index is 12.1. The molecule has 1 atom stereocenters. The van der Waals surface area contributed by atoms with Crippen LogP contribution in [-0.2, 0) is 11.3 Å². The Bertz CT molecular complexity index is 674. The number of aryl methyl sites for hydroxylation is 1. The molecule has 0 aromatic carbocycles. The number of anilines is 1. The van der Waals surface area contributed by atoms with Crippen LogP contribution < -0.4 is 5.32 Å². The number of rotatable bonds is 6. The zero-order valence-electron chi connectivity index (χ0n) is 14.0. The van der Waals surface area contributed by atoms with Crippen molar-refractivity contribution < 1.29 is 9.32 Å². The van der Waals surface area contributed by atoms with E-state index in [0.717, 1.165) is 25.2 Å². The first-order valence-corrected chi connectivity index (χ1v) is 8.02. The quantitative estimate of drug-likeness (QED) is 0.842. The number of pyridine rings is 1. The number of hydrogen-bond donors (Lipinski definition) is 1. The van der Waals surface area contributed by atoms with E-state index in [2.05, 4.69) is 37.3 Å². The van der Waals surface area contributed by atoms with Gasteiger partial charge in [0.05, 0.1) is 25.0 Å². The SMILES string of the molecule is Cc1nc(CN(C)[C@@H]2CCN(CC(=O)Nc3cccnc3)C2)no1. The van der Waals surface area contributed by atoms with Crippen LogP contribution in [0.5, 0.6) is 0 Å². The number of amides is 1. The molecule has 3 heterocycles. The second-order valence-corrected chi connectivity index (χ2v) is 6.11. The van der Waals surface area contributed by atoms with Gasteiger partial charge in [0.25, 0.3) is 0 Å². The molecular formula is C16H22N6O2. The fourth-order valence-corrected chi connectivity index (χ4v) is 2.91. The van der Waals surface area contributed by atoms with Crippen molar-refractivity contribution in [3.05, 3.63) is 36.2 Å². The normalized spacial score (nSPS) is 18.2. The van der Waals surface area contributed by atoms with Gasteiger partial charge in [0, 0.05) is 32.3 Å². The summed E-state index contributed by atoms with van der Waals surface area (Å²) in [5.41, 5.74) is 0.725. The minimum atomic E-state index is -0.0138. The fourth-order valence-electron chi connectivity index (χ4n) is 2.91. The molecule has 3 rings (SSSR count). The highest BCUT2D eigenvalue weighted by Gasteiger charge is 2.27. The van der Waals surface area contributed by atoms with Crippen molar-refractivity contribution in [1.82, 2.24) is 24.9 Å². The van der Waals surface area contributed by atoms with Crippen LogP contribution in [-0.4, -0.2) is 63.6 Å². The lowest BCUT2D eigenvalue weighted by atomic mass is 10.2. The summed E-state index contributed by atoms with van der Waals surface area (Å²) < 4.78 is 5.00. The Kier molecular flexibility index (Phi) is 5.17. The van der Waals surface area contributed by atoms with Crippen LogP contribution in [0.3, 0.4) is 0 Å². The van der Waals surface area contributed by atoms with Crippen LogP contribution in [0, 0.1) is 6.92 Å². The third kappa shape index (κ3) is 4.36. The van der Waals surface area contributed by atoms with Gasteiger partial charge < -0.3 is 9.84 Å². The Hall–Kier alpha value is -2.32. The van der Waals surface area contributed by atoms with Gasteiger partial charge in [-0.05, 0) is 25.6 Å². The third-order valence-electron chi connectivity index (χ3n) is 4.14. The molecule has 1 saturated heterocycles. The van der Waals surface area contributed by atoms with Crippen LogP contribution in [0.2, 0.25) is 0 Å². The Morgan fingerprint density at radius 2 is 2.42 bits per heavy atom. The Labute approximate surface area is 140 Å². The van der Waals surface area contributed by atoms with Crippen molar-refractivity contribution in [1.29, 1.82) is 0 Å². The van der Waals surface area contributed by atoms with Crippen molar-refractivity contribution in [3.8, 4) is 0 Å². The number of nitrogens with one attached hydrogen (secondary N) is 1. The Morgan fingerprint density at radius 3 is 3.12 bits per heavy atom. The summed E-state index contributed by atoms with van der Waals surface area (Å²) in [6, 6.07) is 4.02. The summed E-state index contributed by atoms with van der Waals surface area (Å²) in [5.74, 6) is 1.27. The van der Waals surface area contributed by atoms with E-state index in [1.54, 1.807) is 25.4 Å². The molecule has 2 aromatic rings. The first-order chi connectivity index (χ1) is 11.6. The molecule has 1 aliphatic heterocycles. The summed E-state index contributed by atoms with van der Waals surface area (Å²) in [7, 11) is 2.05. The van der Waals surface area contributed by atoms with Crippen molar-refractivity contribution >= 4 is 11.6 Å². The highest BCUT2D eigenvalue weighted by molar-refractivity contribution is 5.92. The molecule has 128 valence electrons. The van der Waals surface area contributed by atoms with Gasteiger partial charge in [-0.1, -0.05) is 5.16 Å². The van der Waals surface area contributed by atoms with E-state index >= 15 is 0 Å². The van der Waals surface area contributed by atoms with E-state index in [1.807, 2.05) is 6.07 Å². The molecule has 1 aliphatic rings. The molecule has 2 aromatic heterocycles. The number of likely N-dealkylation sites (tertiary alicyclic amines) is 1. The number of hydrogen-bond acceptors (Lipinski definition) is 7. The van der Waals surface area contributed by atoms with Gasteiger partial charge in [0.1, 0.15) is 0 Å². The summed E-state index contributed by atoms with van der Waals surface area (Å²) >= 11 is 0. The zero-order chi connectivity index (χ0) is 16.9. The minimum Gasteiger partial charge on any atom is -0.340 e. The van der Waals surface area contributed by atoms with E-state index < -0.39 is 0 Å². The number of carbonyl (C=O) groups is 1. The minimum absolute atomic E-state index is 0.0138. The van der Waals surface area contributed by atoms with Gasteiger partial charge >= 0.3 is 0 Å². The van der Waals surface area contributed by atoms with Gasteiger partial charge in [-0.25, -0.2) is 0 Å². The summed E-state index contributed by atoms with van der Waals surface area (Å²) in [5, 5.41) is 6.80. The maximum atomic E-state index is 12.1. The average Bonchev–Trinajstić information content (AvgIpc) is 3.17. The predicted molar refractivity (Wildman–Crippen MR) is 88.2 cm³/mol. The lowest BCUT2D eigenvalue weighted by Crippen LogP contribution is -2.37. The maximum Gasteiger partial charge on any atom is 0.238 e. The molecule has 0 aliphatic carbocycles. The van der Waals surface area contributed by atoms with Crippen LogP contribution in [0.25, 0.3) is 0 Å². The van der Waals surface area contributed by atoms with Gasteiger partial charge in [0.2, 0.25) is 11.8 Å². The first-order valence-electron chi connectivity index (χ1n) is 8.02. The van der Waals surface area contributed by atoms with Gasteiger partial charge in [-0.2, -0.15) is 4.98 Å². The molecule has 0 spiro atoms. The summed E-state index contributed by atoms with van der Waals surface area (Å²) in [6.07, 6.45) is 4.35. The second-order valence-electron chi connectivity index (χ2n) is 6.11. The van der Waals surface area contributed by atoms with Gasteiger partial charge in [-0.15, -0.1) is 0 Å². The number of aromatic nitrogens is 3. The Morgan fingerprint density at radius 1 is 1.54 bits per heavy atom. The van der Waals surface area contributed by atoms with Gasteiger partial charge in [-0.3, -0.25) is 19.6 Å². The number of likely N-dealkylation sites (N-methyl/N-ethyl adjacent to an activating group) is 1. The molecule has 8 nitrogen and oxygen atoms in total. The number of carbonyl (C=O) groups excluding carboxylic acids is 1. The number of nitrogens with zero attached hydrogens (tertiary/aromatic N) is 5. The van der Waals surface area contributed by atoms with E-state index in [4.69, 9.17) is 4.52 Å². The van der Waals surface area contributed by atoms with Crippen molar-refractivity contribution in [2.45, 2.75) is 25.9 Å². The molecule has 24 heavy (non-hydrogen) atoms.